The van der Waals surface area contributed by atoms with E-state index in [-0.39, 0.29) is 5.91 Å². The molecule has 0 aliphatic carbocycles. The number of benzene rings is 1. The van der Waals surface area contributed by atoms with Crippen molar-refractivity contribution in [1.82, 2.24) is 0 Å². The topological polar surface area (TPSA) is 44.1 Å². The SMILES string of the molecule is CC(=O)N1CCc2ccc(CC#N)cc21. The highest BCUT2D eigenvalue weighted by atomic mass is 16.2. The Labute approximate surface area is 88.9 Å². The standard InChI is InChI=1S/C12H12N2O/c1-9(15)14-7-5-11-3-2-10(4-6-13)8-12(11)14/h2-3,8H,4-5,7H2,1H3. The second kappa shape index (κ2) is 3.74. The van der Waals surface area contributed by atoms with Crippen molar-refractivity contribution in [3.8, 4) is 6.07 Å². The van der Waals surface area contributed by atoms with Crippen LogP contribution in [0.5, 0.6) is 0 Å². The van der Waals surface area contributed by atoms with Crippen LogP contribution in [0.4, 0.5) is 5.69 Å². The van der Waals surface area contributed by atoms with E-state index in [0.29, 0.717) is 6.42 Å². The Morgan fingerprint density at radius 3 is 3.07 bits per heavy atom. The van der Waals surface area contributed by atoms with Gasteiger partial charge in [-0.2, -0.15) is 5.26 Å². The first kappa shape index (κ1) is 9.72. The van der Waals surface area contributed by atoms with E-state index < -0.39 is 0 Å². The van der Waals surface area contributed by atoms with Crippen molar-refractivity contribution in [2.45, 2.75) is 19.8 Å². The maximum absolute atomic E-state index is 11.3. The Hall–Kier alpha value is -1.82. The zero-order valence-electron chi connectivity index (χ0n) is 8.66. The van der Waals surface area contributed by atoms with Crippen LogP contribution in [0.1, 0.15) is 18.1 Å². The zero-order valence-corrected chi connectivity index (χ0v) is 8.66. The molecule has 0 saturated carbocycles. The highest BCUT2D eigenvalue weighted by Crippen LogP contribution is 2.29. The van der Waals surface area contributed by atoms with E-state index in [4.69, 9.17) is 5.26 Å². The molecule has 1 aliphatic rings. The summed E-state index contributed by atoms with van der Waals surface area (Å²) in [6, 6.07) is 8.05. The van der Waals surface area contributed by atoms with E-state index in [9.17, 15) is 4.79 Å². The van der Waals surface area contributed by atoms with Crippen LogP contribution in [0, 0.1) is 11.3 Å². The molecule has 0 radical (unpaired) electrons. The first-order chi connectivity index (χ1) is 7.22. The molecular formula is C12H12N2O. The van der Waals surface area contributed by atoms with Gasteiger partial charge in [0.05, 0.1) is 12.5 Å². The third-order valence-corrected chi connectivity index (χ3v) is 2.71. The highest BCUT2D eigenvalue weighted by molar-refractivity contribution is 5.93. The van der Waals surface area contributed by atoms with Crippen LogP contribution in [0.25, 0.3) is 0 Å². The summed E-state index contributed by atoms with van der Waals surface area (Å²) in [5, 5.41) is 8.61. The first-order valence-electron chi connectivity index (χ1n) is 4.99. The second-order valence-corrected chi connectivity index (χ2v) is 3.72. The lowest BCUT2D eigenvalue weighted by Crippen LogP contribution is -2.25. The fraction of sp³-hybridized carbons (Fsp3) is 0.333. The number of rotatable bonds is 1. The van der Waals surface area contributed by atoms with Crippen LogP contribution in [-0.4, -0.2) is 12.5 Å². The number of fused-ring (bicyclic) bond motifs is 1. The first-order valence-corrected chi connectivity index (χ1v) is 4.99. The van der Waals surface area contributed by atoms with E-state index in [2.05, 4.69) is 6.07 Å². The molecule has 1 aliphatic heterocycles. The minimum Gasteiger partial charge on any atom is -0.312 e. The lowest BCUT2D eigenvalue weighted by atomic mass is 10.1. The summed E-state index contributed by atoms with van der Waals surface area (Å²) in [5.74, 6) is 0.0721. The predicted molar refractivity (Wildman–Crippen MR) is 57.5 cm³/mol. The van der Waals surface area contributed by atoms with Crippen LogP contribution in [0.15, 0.2) is 18.2 Å². The number of anilines is 1. The monoisotopic (exact) mass is 200 g/mol. The molecule has 1 heterocycles. The van der Waals surface area contributed by atoms with Crippen LogP contribution >= 0.6 is 0 Å². The molecule has 0 unspecified atom stereocenters. The van der Waals surface area contributed by atoms with Gasteiger partial charge in [-0.3, -0.25) is 4.79 Å². The minimum atomic E-state index is 0.0721. The van der Waals surface area contributed by atoms with E-state index in [1.807, 2.05) is 18.2 Å². The summed E-state index contributed by atoms with van der Waals surface area (Å²) in [4.78, 5) is 13.1. The maximum atomic E-state index is 11.3. The third kappa shape index (κ3) is 1.71. The average Bonchev–Trinajstić information content (AvgIpc) is 2.61. The van der Waals surface area contributed by atoms with Gasteiger partial charge in [-0.15, -0.1) is 0 Å². The third-order valence-electron chi connectivity index (χ3n) is 2.71. The highest BCUT2D eigenvalue weighted by Gasteiger charge is 2.21. The van der Waals surface area contributed by atoms with Gasteiger partial charge >= 0.3 is 0 Å². The molecule has 0 fully saturated rings. The van der Waals surface area contributed by atoms with E-state index in [0.717, 1.165) is 24.2 Å². The Morgan fingerprint density at radius 1 is 1.60 bits per heavy atom. The van der Waals surface area contributed by atoms with Crippen LogP contribution in [0.2, 0.25) is 0 Å². The van der Waals surface area contributed by atoms with Gasteiger partial charge in [-0.1, -0.05) is 12.1 Å². The van der Waals surface area contributed by atoms with Crippen molar-refractivity contribution >= 4 is 11.6 Å². The van der Waals surface area contributed by atoms with Crippen LogP contribution in [0.3, 0.4) is 0 Å². The van der Waals surface area contributed by atoms with E-state index >= 15 is 0 Å². The molecule has 2 rings (SSSR count). The summed E-state index contributed by atoms with van der Waals surface area (Å²) in [6.07, 6.45) is 1.32. The Morgan fingerprint density at radius 2 is 2.40 bits per heavy atom. The van der Waals surface area contributed by atoms with Crippen molar-refractivity contribution in [1.29, 1.82) is 5.26 Å². The summed E-state index contributed by atoms with van der Waals surface area (Å²) in [6.45, 7) is 2.34. The molecule has 3 heteroatoms. The summed E-state index contributed by atoms with van der Waals surface area (Å²) in [5.41, 5.74) is 3.16. The fourth-order valence-electron chi connectivity index (χ4n) is 1.95. The molecule has 0 saturated heterocycles. The number of amides is 1. The van der Waals surface area contributed by atoms with Gasteiger partial charge in [0.25, 0.3) is 0 Å². The van der Waals surface area contributed by atoms with Gasteiger partial charge in [-0.05, 0) is 23.6 Å². The lowest BCUT2D eigenvalue weighted by molar-refractivity contribution is -0.116. The number of hydrogen-bond donors (Lipinski definition) is 0. The molecule has 0 spiro atoms. The quantitative estimate of drug-likeness (QED) is 0.692. The minimum absolute atomic E-state index is 0.0721. The number of carbonyl (C=O) groups excluding carboxylic acids is 1. The van der Waals surface area contributed by atoms with Gasteiger partial charge in [-0.25, -0.2) is 0 Å². The maximum Gasteiger partial charge on any atom is 0.223 e. The van der Waals surface area contributed by atoms with Gasteiger partial charge in [0.1, 0.15) is 0 Å². The summed E-state index contributed by atoms with van der Waals surface area (Å²) >= 11 is 0. The molecule has 15 heavy (non-hydrogen) atoms. The molecule has 3 nitrogen and oxygen atoms in total. The molecule has 1 aromatic carbocycles. The normalized spacial score (nSPS) is 13.5. The van der Waals surface area contributed by atoms with E-state index in [1.54, 1.807) is 11.8 Å². The molecule has 0 atom stereocenters. The molecule has 0 bridgehead atoms. The van der Waals surface area contributed by atoms with Crippen LogP contribution < -0.4 is 4.90 Å². The van der Waals surface area contributed by atoms with Gasteiger partial charge in [0, 0.05) is 19.2 Å². The van der Waals surface area contributed by atoms with Gasteiger partial charge < -0.3 is 4.90 Å². The Balaban J connectivity index is 2.38. The predicted octanol–water partition coefficient (Wildman–Crippen LogP) is 1.66. The van der Waals surface area contributed by atoms with Crippen molar-refractivity contribution in [3.05, 3.63) is 29.3 Å². The zero-order chi connectivity index (χ0) is 10.8. The molecule has 0 aromatic heterocycles. The number of nitriles is 1. The molecular weight excluding hydrogens is 188 g/mol. The van der Waals surface area contributed by atoms with Crippen molar-refractivity contribution in [2.75, 3.05) is 11.4 Å². The molecule has 76 valence electrons. The Bertz CT molecular complexity index is 445. The smallest absolute Gasteiger partial charge is 0.223 e. The lowest BCUT2D eigenvalue weighted by Gasteiger charge is -2.15. The van der Waals surface area contributed by atoms with Crippen molar-refractivity contribution in [3.63, 3.8) is 0 Å². The molecule has 1 amide bonds. The molecule has 1 aromatic rings. The van der Waals surface area contributed by atoms with Crippen molar-refractivity contribution in [2.24, 2.45) is 0 Å². The van der Waals surface area contributed by atoms with Crippen LogP contribution in [-0.2, 0) is 17.6 Å². The van der Waals surface area contributed by atoms with E-state index in [1.165, 1.54) is 5.56 Å². The summed E-state index contributed by atoms with van der Waals surface area (Å²) in [7, 11) is 0. The number of hydrogen-bond acceptors (Lipinski definition) is 2. The average molecular weight is 200 g/mol. The van der Waals surface area contributed by atoms with Gasteiger partial charge in [0.2, 0.25) is 5.91 Å². The van der Waals surface area contributed by atoms with Crippen molar-refractivity contribution < 1.29 is 4.79 Å². The fourth-order valence-corrected chi connectivity index (χ4v) is 1.95. The number of nitrogens with zero attached hydrogens (tertiary/aromatic N) is 2. The summed E-state index contributed by atoms with van der Waals surface area (Å²) < 4.78 is 0. The Kier molecular flexibility index (Phi) is 2.42. The largest absolute Gasteiger partial charge is 0.312 e. The second-order valence-electron chi connectivity index (χ2n) is 3.72. The molecule has 0 N–H and O–H groups in total. The number of carbonyl (C=O) groups is 1. The van der Waals surface area contributed by atoms with Gasteiger partial charge in [0.15, 0.2) is 0 Å².